The number of benzene rings is 2. The maximum Gasteiger partial charge on any atom is 0.246 e. The van der Waals surface area contributed by atoms with E-state index in [-0.39, 0.29) is 24.7 Å². The molecule has 2 aromatic rings. The molecule has 3 heteroatoms. The molecule has 0 heterocycles. The lowest BCUT2D eigenvalue weighted by atomic mass is 10.0. The number of ether oxygens (including phenoxy) is 1. The molecular formula is C19H23NO2. The quantitative estimate of drug-likeness (QED) is 0.846. The van der Waals surface area contributed by atoms with Gasteiger partial charge in [-0.3, -0.25) is 4.79 Å². The van der Waals surface area contributed by atoms with Gasteiger partial charge in [0.15, 0.2) is 0 Å². The molecule has 0 spiro atoms. The van der Waals surface area contributed by atoms with Gasteiger partial charge in [0.05, 0.1) is 0 Å². The van der Waals surface area contributed by atoms with Crippen molar-refractivity contribution in [3.63, 3.8) is 0 Å². The summed E-state index contributed by atoms with van der Waals surface area (Å²) in [7, 11) is 0. The summed E-state index contributed by atoms with van der Waals surface area (Å²) in [6.07, 6.45) is 0.678. The van der Waals surface area contributed by atoms with Crippen LogP contribution in [-0.2, 0) is 9.53 Å². The van der Waals surface area contributed by atoms with Crippen molar-refractivity contribution >= 4 is 5.91 Å². The number of carbonyl (C=O) groups is 1. The summed E-state index contributed by atoms with van der Waals surface area (Å²) in [5, 5.41) is 2.92. The summed E-state index contributed by atoms with van der Waals surface area (Å²) in [4.78, 5) is 11.9. The average Bonchev–Trinajstić information content (AvgIpc) is 2.57. The highest BCUT2D eigenvalue weighted by Gasteiger charge is 2.16. The van der Waals surface area contributed by atoms with Crippen LogP contribution < -0.4 is 5.32 Å². The Morgan fingerprint density at radius 1 is 1.00 bits per heavy atom. The van der Waals surface area contributed by atoms with Gasteiger partial charge in [-0.05, 0) is 24.5 Å². The Morgan fingerprint density at radius 2 is 1.50 bits per heavy atom. The van der Waals surface area contributed by atoms with Crippen molar-refractivity contribution < 1.29 is 9.53 Å². The number of carbonyl (C=O) groups excluding carboxylic acids is 1. The molecule has 0 saturated heterocycles. The minimum absolute atomic E-state index is 0.0544. The number of amides is 1. The molecule has 0 bridgehead atoms. The fraction of sp³-hybridized carbons (Fsp3) is 0.316. The summed E-state index contributed by atoms with van der Waals surface area (Å²) in [6, 6.07) is 20.1. The molecule has 2 aromatic carbocycles. The van der Waals surface area contributed by atoms with E-state index in [1.54, 1.807) is 0 Å². The zero-order chi connectivity index (χ0) is 15.8. The van der Waals surface area contributed by atoms with Gasteiger partial charge in [-0.25, -0.2) is 0 Å². The van der Waals surface area contributed by atoms with Gasteiger partial charge in [0, 0.05) is 6.04 Å². The fourth-order valence-corrected chi connectivity index (χ4v) is 2.22. The average molecular weight is 297 g/mol. The Bertz CT molecular complexity index is 529. The Balaban J connectivity index is 2.08. The topological polar surface area (TPSA) is 38.3 Å². The molecule has 0 aliphatic rings. The fourth-order valence-electron chi connectivity index (χ4n) is 2.22. The SMILES string of the molecule is CCC(C)NC(=O)COC(c1ccccc1)c1ccccc1. The van der Waals surface area contributed by atoms with Gasteiger partial charge in [0.2, 0.25) is 5.91 Å². The van der Waals surface area contributed by atoms with Crippen LogP contribution >= 0.6 is 0 Å². The monoisotopic (exact) mass is 297 g/mol. The molecule has 1 amide bonds. The van der Waals surface area contributed by atoms with Gasteiger partial charge in [0.25, 0.3) is 0 Å². The van der Waals surface area contributed by atoms with Crippen molar-refractivity contribution in [2.75, 3.05) is 6.61 Å². The molecule has 22 heavy (non-hydrogen) atoms. The Hall–Kier alpha value is -2.13. The molecule has 0 radical (unpaired) electrons. The van der Waals surface area contributed by atoms with Crippen LogP contribution in [0.1, 0.15) is 37.5 Å². The smallest absolute Gasteiger partial charge is 0.246 e. The first-order valence-corrected chi connectivity index (χ1v) is 7.71. The molecule has 2 rings (SSSR count). The summed E-state index contributed by atoms with van der Waals surface area (Å²) < 4.78 is 5.91. The molecule has 0 aliphatic carbocycles. The molecule has 0 fully saturated rings. The summed E-state index contributed by atoms with van der Waals surface area (Å²) in [6.45, 7) is 4.09. The van der Waals surface area contributed by atoms with E-state index in [0.717, 1.165) is 17.5 Å². The van der Waals surface area contributed by atoms with E-state index >= 15 is 0 Å². The van der Waals surface area contributed by atoms with Crippen molar-refractivity contribution in [1.82, 2.24) is 5.32 Å². The highest BCUT2D eigenvalue weighted by molar-refractivity contribution is 5.77. The van der Waals surface area contributed by atoms with Gasteiger partial charge >= 0.3 is 0 Å². The van der Waals surface area contributed by atoms with Crippen LogP contribution in [-0.4, -0.2) is 18.6 Å². The van der Waals surface area contributed by atoms with E-state index < -0.39 is 0 Å². The first-order chi connectivity index (χ1) is 10.7. The second-order valence-electron chi connectivity index (χ2n) is 5.39. The Kier molecular flexibility index (Phi) is 6.16. The predicted molar refractivity (Wildman–Crippen MR) is 88.6 cm³/mol. The molecule has 0 saturated carbocycles. The summed E-state index contributed by atoms with van der Waals surface area (Å²) >= 11 is 0. The molecule has 116 valence electrons. The third-order valence-electron chi connectivity index (χ3n) is 3.61. The van der Waals surface area contributed by atoms with Gasteiger partial charge in [-0.1, -0.05) is 67.6 Å². The first-order valence-electron chi connectivity index (χ1n) is 7.71. The predicted octanol–water partition coefficient (Wildman–Crippen LogP) is 3.71. The van der Waals surface area contributed by atoms with Crippen LogP contribution in [0.5, 0.6) is 0 Å². The number of rotatable bonds is 7. The lowest BCUT2D eigenvalue weighted by molar-refractivity contribution is -0.127. The number of nitrogens with one attached hydrogen (secondary N) is 1. The molecule has 1 unspecified atom stereocenters. The van der Waals surface area contributed by atoms with Gasteiger partial charge < -0.3 is 10.1 Å². The van der Waals surface area contributed by atoms with Crippen molar-refractivity contribution in [3.05, 3.63) is 71.8 Å². The summed E-state index contributed by atoms with van der Waals surface area (Å²) in [5.74, 6) is -0.0776. The molecule has 3 nitrogen and oxygen atoms in total. The van der Waals surface area contributed by atoms with Crippen LogP contribution in [0.25, 0.3) is 0 Å². The molecule has 0 aromatic heterocycles. The lowest BCUT2D eigenvalue weighted by Gasteiger charge is -2.19. The lowest BCUT2D eigenvalue weighted by Crippen LogP contribution is -2.35. The van der Waals surface area contributed by atoms with Crippen molar-refractivity contribution in [2.45, 2.75) is 32.4 Å². The van der Waals surface area contributed by atoms with Gasteiger partial charge in [-0.2, -0.15) is 0 Å². The standard InChI is InChI=1S/C19H23NO2/c1-3-15(2)20-18(21)14-22-19(16-10-6-4-7-11-16)17-12-8-5-9-13-17/h4-13,15,19H,3,14H2,1-2H3,(H,20,21). The maximum atomic E-state index is 11.9. The van der Waals surface area contributed by atoms with Crippen molar-refractivity contribution in [1.29, 1.82) is 0 Å². The molecule has 1 N–H and O–H groups in total. The summed E-state index contributed by atoms with van der Waals surface area (Å²) in [5.41, 5.74) is 2.09. The second-order valence-corrected chi connectivity index (χ2v) is 5.39. The maximum absolute atomic E-state index is 11.9. The van der Waals surface area contributed by atoms with E-state index in [9.17, 15) is 4.79 Å². The van der Waals surface area contributed by atoms with Crippen molar-refractivity contribution in [2.24, 2.45) is 0 Å². The van der Waals surface area contributed by atoms with Crippen LogP contribution in [0, 0.1) is 0 Å². The zero-order valence-electron chi connectivity index (χ0n) is 13.2. The number of hydrogen-bond donors (Lipinski definition) is 1. The van der Waals surface area contributed by atoms with Crippen molar-refractivity contribution in [3.8, 4) is 0 Å². The second kappa shape index (κ2) is 8.35. The molecule has 1 atom stereocenters. The van der Waals surface area contributed by atoms with Gasteiger partial charge in [0.1, 0.15) is 12.7 Å². The van der Waals surface area contributed by atoms with Crippen LogP contribution in [0.15, 0.2) is 60.7 Å². The van der Waals surface area contributed by atoms with E-state index in [2.05, 4.69) is 5.32 Å². The van der Waals surface area contributed by atoms with Crippen LogP contribution in [0.2, 0.25) is 0 Å². The Morgan fingerprint density at radius 3 is 1.95 bits per heavy atom. The third-order valence-corrected chi connectivity index (χ3v) is 3.61. The molecular weight excluding hydrogens is 274 g/mol. The van der Waals surface area contributed by atoms with E-state index in [1.165, 1.54) is 0 Å². The molecule has 0 aliphatic heterocycles. The van der Waals surface area contributed by atoms with E-state index in [4.69, 9.17) is 4.74 Å². The minimum atomic E-state index is -0.231. The Labute approximate surface area is 132 Å². The third kappa shape index (κ3) is 4.71. The number of hydrogen-bond acceptors (Lipinski definition) is 2. The van der Waals surface area contributed by atoms with Crippen LogP contribution in [0.4, 0.5) is 0 Å². The van der Waals surface area contributed by atoms with Crippen LogP contribution in [0.3, 0.4) is 0 Å². The largest absolute Gasteiger partial charge is 0.359 e. The highest BCUT2D eigenvalue weighted by atomic mass is 16.5. The highest BCUT2D eigenvalue weighted by Crippen LogP contribution is 2.25. The minimum Gasteiger partial charge on any atom is -0.359 e. The first kappa shape index (κ1) is 16.2. The normalized spacial score (nSPS) is 12.1. The van der Waals surface area contributed by atoms with Gasteiger partial charge in [-0.15, -0.1) is 0 Å². The van der Waals surface area contributed by atoms with E-state index in [0.29, 0.717) is 0 Å². The zero-order valence-corrected chi connectivity index (χ0v) is 13.2. The van der Waals surface area contributed by atoms with E-state index in [1.807, 2.05) is 74.5 Å².